The average molecular weight is 387 g/mol. The molecule has 10 heteroatoms. The molecule has 1 amide bonds. The lowest BCUT2D eigenvalue weighted by atomic mass is 10.1. The molecule has 0 aliphatic rings. The van der Waals surface area contributed by atoms with Crippen molar-refractivity contribution in [2.75, 3.05) is 0 Å². The summed E-state index contributed by atoms with van der Waals surface area (Å²) in [5.41, 5.74) is -1.23. The molecule has 0 unspecified atom stereocenters. The highest BCUT2D eigenvalue weighted by atomic mass is 19.4. The second kappa shape index (κ2) is 6.60. The summed E-state index contributed by atoms with van der Waals surface area (Å²) in [5.74, 6) is -0.652. The molecule has 0 radical (unpaired) electrons. The van der Waals surface area contributed by atoms with Gasteiger partial charge in [-0.15, -0.1) is 0 Å². The SMILES string of the molecule is O=C(NCc1ccc2[nH]c(C(F)(F)F)cc2c1)c1ccc(C(F)(F)F)nc1. The molecule has 0 saturated carbocycles. The molecule has 0 aliphatic heterocycles. The minimum atomic E-state index is -4.60. The van der Waals surface area contributed by atoms with Gasteiger partial charge in [-0.05, 0) is 35.9 Å². The van der Waals surface area contributed by atoms with Gasteiger partial charge < -0.3 is 10.3 Å². The maximum absolute atomic E-state index is 12.7. The quantitative estimate of drug-likeness (QED) is 0.649. The molecule has 0 spiro atoms. The lowest BCUT2D eigenvalue weighted by molar-refractivity contribution is -0.141. The monoisotopic (exact) mass is 387 g/mol. The molecule has 0 saturated heterocycles. The Labute approximate surface area is 148 Å². The third-order valence-corrected chi connectivity index (χ3v) is 3.76. The number of alkyl halides is 6. The van der Waals surface area contributed by atoms with Crippen LogP contribution in [0.25, 0.3) is 10.9 Å². The molecule has 3 rings (SSSR count). The normalized spacial score (nSPS) is 12.4. The molecule has 0 bridgehead atoms. The lowest BCUT2D eigenvalue weighted by Crippen LogP contribution is -2.23. The van der Waals surface area contributed by atoms with E-state index in [-0.39, 0.29) is 12.1 Å². The van der Waals surface area contributed by atoms with Crippen LogP contribution in [0.15, 0.2) is 42.6 Å². The summed E-state index contributed by atoms with van der Waals surface area (Å²) < 4.78 is 75.5. The number of nitrogens with zero attached hydrogens (tertiary/aromatic N) is 1. The first-order chi connectivity index (χ1) is 12.5. The summed E-state index contributed by atoms with van der Waals surface area (Å²) in [7, 11) is 0. The van der Waals surface area contributed by atoms with Crippen molar-refractivity contribution in [1.82, 2.24) is 15.3 Å². The van der Waals surface area contributed by atoms with Gasteiger partial charge >= 0.3 is 12.4 Å². The zero-order valence-electron chi connectivity index (χ0n) is 13.4. The van der Waals surface area contributed by atoms with E-state index in [1.165, 1.54) is 18.2 Å². The summed E-state index contributed by atoms with van der Waals surface area (Å²) >= 11 is 0. The molecule has 2 heterocycles. The predicted octanol–water partition coefficient (Wildman–Crippen LogP) is 4.53. The van der Waals surface area contributed by atoms with Gasteiger partial charge in [0.15, 0.2) is 0 Å². The standard InChI is InChI=1S/C17H11F6N3O/c18-16(19,20)13-4-2-10(8-24-13)15(27)25-7-9-1-3-12-11(5-9)6-14(26-12)17(21,22)23/h1-6,8,26H,7H2,(H,25,27). The molecule has 2 aromatic heterocycles. The fourth-order valence-electron chi connectivity index (χ4n) is 2.43. The molecular formula is C17H11F6N3O. The zero-order chi connectivity index (χ0) is 19.8. The lowest BCUT2D eigenvalue weighted by Gasteiger charge is -2.08. The maximum atomic E-state index is 12.7. The van der Waals surface area contributed by atoms with E-state index >= 15 is 0 Å². The largest absolute Gasteiger partial charge is 0.433 e. The number of aromatic nitrogens is 2. The molecule has 27 heavy (non-hydrogen) atoms. The van der Waals surface area contributed by atoms with Gasteiger partial charge in [0.1, 0.15) is 11.4 Å². The van der Waals surface area contributed by atoms with Gasteiger partial charge in [0.25, 0.3) is 5.91 Å². The number of carbonyl (C=O) groups is 1. The van der Waals surface area contributed by atoms with Crippen LogP contribution in [-0.2, 0) is 18.9 Å². The van der Waals surface area contributed by atoms with Crippen molar-refractivity contribution in [3.05, 3.63) is 65.1 Å². The van der Waals surface area contributed by atoms with E-state index in [4.69, 9.17) is 0 Å². The Bertz CT molecular complexity index is 973. The van der Waals surface area contributed by atoms with Crippen LogP contribution in [0.2, 0.25) is 0 Å². The van der Waals surface area contributed by atoms with Gasteiger partial charge in [-0.2, -0.15) is 26.3 Å². The van der Waals surface area contributed by atoms with E-state index in [0.29, 0.717) is 22.5 Å². The number of rotatable bonds is 3. The van der Waals surface area contributed by atoms with E-state index in [0.717, 1.165) is 18.3 Å². The number of hydrogen-bond acceptors (Lipinski definition) is 2. The Hall–Kier alpha value is -3.04. The summed E-state index contributed by atoms with van der Waals surface area (Å²) in [4.78, 5) is 17.4. The number of benzene rings is 1. The summed E-state index contributed by atoms with van der Waals surface area (Å²) in [6.45, 7) is -0.0116. The molecule has 0 atom stereocenters. The van der Waals surface area contributed by atoms with Crippen molar-refractivity contribution in [2.24, 2.45) is 0 Å². The fraction of sp³-hybridized carbons (Fsp3) is 0.176. The first-order valence-corrected chi connectivity index (χ1v) is 7.54. The van der Waals surface area contributed by atoms with Gasteiger partial charge in [-0.1, -0.05) is 6.07 Å². The van der Waals surface area contributed by atoms with Crippen molar-refractivity contribution in [1.29, 1.82) is 0 Å². The fourth-order valence-corrected chi connectivity index (χ4v) is 2.43. The topological polar surface area (TPSA) is 57.8 Å². The van der Waals surface area contributed by atoms with Crippen molar-refractivity contribution in [3.63, 3.8) is 0 Å². The molecular weight excluding hydrogens is 376 g/mol. The number of H-pyrrole nitrogens is 1. The number of carbonyl (C=O) groups excluding carboxylic acids is 1. The summed E-state index contributed by atoms with van der Waals surface area (Å²) in [6, 6.07) is 7.11. The van der Waals surface area contributed by atoms with E-state index < -0.39 is 29.6 Å². The Morgan fingerprint density at radius 2 is 1.74 bits per heavy atom. The Balaban J connectivity index is 1.69. The Morgan fingerprint density at radius 1 is 1.00 bits per heavy atom. The zero-order valence-corrected chi connectivity index (χ0v) is 13.4. The van der Waals surface area contributed by atoms with E-state index in [2.05, 4.69) is 15.3 Å². The van der Waals surface area contributed by atoms with Crippen molar-refractivity contribution >= 4 is 16.8 Å². The highest BCUT2D eigenvalue weighted by Crippen LogP contribution is 2.31. The molecule has 0 fully saturated rings. The number of aromatic amines is 1. The third-order valence-electron chi connectivity index (χ3n) is 3.76. The molecule has 1 aromatic carbocycles. The Morgan fingerprint density at radius 3 is 2.33 bits per heavy atom. The average Bonchev–Trinajstić information content (AvgIpc) is 3.02. The van der Waals surface area contributed by atoms with Gasteiger partial charge in [0.2, 0.25) is 0 Å². The molecule has 2 N–H and O–H groups in total. The minimum absolute atomic E-state index is 0.0116. The first kappa shape index (κ1) is 18.7. The number of halogens is 6. The molecule has 0 aliphatic carbocycles. The van der Waals surface area contributed by atoms with Gasteiger partial charge in [-0.3, -0.25) is 9.78 Å². The minimum Gasteiger partial charge on any atom is -0.351 e. The van der Waals surface area contributed by atoms with Crippen molar-refractivity contribution < 1.29 is 31.1 Å². The highest BCUT2D eigenvalue weighted by Gasteiger charge is 2.33. The van der Waals surface area contributed by atoms with Crippen molar-refractivity contribution in [3.8, 4) is 0 Å². The molecule has 3 aromatic rings. The number of hydrogen-bond donors (Lipinski definition) is 2. The second-order valence-corrected chi connectivity index (χ2v) is 5.71. The van der Waals surface area contributed by atoms with Crippen LogP contribution in [0, 0.1) is 0 Å². The van der Waals surface area contributed by atoms with Crippen LogP contribution < -0.4 is 5.32 Å². The smallest absolute Gasteiger partial charge is 0.351 e. The number of nitrogens with one attached hydrogen (secondary N) is 2. The molecule has 142 valence electrons. The van der Waals surface area contributed by atoms with E-state index in [9.17, 15) is 31.1 Å². The van der Waals surface area contributed by atoms with Crippen molar-refractivity contribution in [2.45, 2.75) is 18.9 Å². The van der Waals surface area contributed by atoms with Crippen LogP contribution in [-0.4, -0.2) is 15.9 Å². The highest BCUT2D eigenvalue weighted by molar-refractivity contribution is 5.93. The van der Waals surface area contributed by atoms with Crippen LogP contribution in [0.1, 0.15) is 27.3 Å². The van der Waals surface area contributed by atoms with Gasteiger partial charge in [-0.25, -0.2) is 0 Å². The first-order valence-electron chi connectivity index (χ1n) is 7.54. The Kier molecular flexibility index (Phi) is 4.58. The predicted molar refractivity (Wildman–Crippen MR) is 83.7 cm³/mol. The summed E-state index contributed by atoms with van der Waals surface area (Å²) in [6.07, 6.45) is -8.29. The van der Waals surface area contributed by atoms with Crippen LogP contribution in [0.3, 0.4) is 0 Å². The van der Waals surface area contributed by atoms with E-state index in [1.54, 1.807) is 0 Å². The number of pyridine rings is 1. The van der Waals surface area contributed by atoms with E-state index in [1.807, 2.05) is 0 Å². The van der Waals surface area contributed by atoms with Crippen LogP contribution in [0.4, 0.5) is 26.3 Å². The second-order valence-electron chi connectivity index (χ2n) is 5.71. The van der Waals surface area contributed by atoms with Gasteiger partial charge in [0.05, 0.1) is 5.56 Å². The molecule has 4 nitrogen and oxygen atoms in total. The number of fused-ring (bicyclic) bond motifs is 1. The number of amides is 1. The van der Waals surface area contributed by atoms with Gasteiger partial charge in [0, 0.05) is 23.6 Å². The van der Waals surface area contributed by atoms with Crippen LogP contribution in [0.5, 0.6) is 0 Å². The summed E-state index contributed by atoms with van der Waals surface area (Å²) in [5, 5.41) is 2.81. The maximum Gasteiger partial charge on any atom is 0.433 e. The third kappa shape index (κ3) is 4.21. The van der Waals surface area contributed by atoms with Crippen LogP contribution >= 0.6 is 0 Å².